The Hall–Kier alpha value is -3.59. The molecule has 0 amide bonds. The molecule has 112 valence electrons. The minimum atomic E-state index is -0.386. The second-order valence-corrected chi connectivity index (χ2v) is 4.82. The quantitative estimate of drug-likeness (QED) is 0.392. The Labute approximate surface area is 133 Å². The average Bonchev–Trinajstić information content (AvgIpc) is 2.73. The van der Waals surface area contributed by atoms with Crippen molar-refractivity contribution in [2.75, 3.05) is 5.43 Å². The maximum absolute atomic E-state index is 8.84. The van der Waals surface area contributed by atoms with Crippen LogP contribution in [-0.4, -0.2) is 11.5 Å². The monoisotopic (exact) mass is 303 g/mol. The first kappa shape index (κ1) is 14.4. The first-order chi connectivity index (χ1) is 11.2. The second-order valence-electron chi connectivity index (χ2n) is 4.82. The molecule has 1 aliphatic rings. The number of nitrogens with zero attached hydrogens (tertiary/aromatic N) is 2. The molecule has 0 unspecified atom stereocenters. The molecule has 0 fully saturated rings. The molecule has 0 saturated carbocycles. The summed E-state index contributed by atoms with van der Waals surface area (Å²) in [6, 6.07) is 15.0. The van der Waals surface area contributed by atoms with E-state index >= 15 is 0 Å². The molecule has 0 saturated heterocycles. The van der Waals surface area contributed by atoms with Crippen LogP contribution in [0.3, 0.4) is 0 Å². The predicted molar refractivity (Wildman–Crippen MR) is 90.5 cm³/mol. The fraction of sp³-hybridized carbons (Fsp3) is 0. The number of benzene rings is 2. The second kappa shape index (κ2) is 6.03. The number of hydrogen-bond donors (Lipinski definition) is 3. The van der Waals surface area contributed by atoms with Crippen molar-refractivity contribution in [2.24, 2.45) is 10.8 Å². The number of amidine groups is 1. The van der Waals surface area contributed by atoms with Crippen LogP contribution in [0.2, 0.25) is 0 Å². The minimum absolute atomic E-state index is 0.175. The fourth-order valence-corrected chi connectivity index (χ4v) is 2.11. The van der Waals surface area contributed by atoms with Crippen LogP contribution >= 0.6 is 0 Å². The molecule has 0 bridgehead atoms. The van der Waals surface area contributed by atoms with Crippen molar-refractivity contribution in [3.05, 3.63) is 53.6 Å². The number of fused-ring (bicyclic) bond motifs is 2. The van der Waals surface area contributed by atoms with E-state index in [1.54, 1.807) is 18.2 Å². The Bertz CT molecular complexity index is 877. The lowest BCUT2D eigenvalue weighted by Crippen LogP contribution is -2.21. The number of nitrogens with one attached hydrogen (secondary N) is 2. The number of nitriles is 1. The summed E-state index contributed by atoms with van der Waals surface area (Å²) < 4.78 is 5.94. The lowest BCUT2D eigenvalue weighted by atomic mass is 10.1. The Morgan fingerprint density at radius 3 is 2.61 bits per heavy atom. The van der Waals surface area contributed by atoms with Crippen LogP contribution in [0, 0.1) is 16.7 Å². The van der Waals surface area contributed by atoms with E-state index in [0.717, 1.165) is 16.9 Å². The Kier molecular flexibility index (Phi) is 3.77. The van der Waals surface area contributed by atoms with Crippen LogP contribution in [0.4, 0.5) is 5.69 Å². The summed E-state index contributed by atoms with van der Waals surface area (Å²) in [5.41, 5.74) is 10.4. The summed E-state index contributed by atoms with van der Waals surface area (Å²) in [5, 5.41) is 19.9. The van der Waals surface area contributed by atoms with E-state index in [2.05, 4.69) is 10.5 Å². The molecular formula is C17H13N5O. The molecule has 2 aromatic rings. The van der Waals surface area contributed by atoms with Crippen LogP contribution in [-0.2, 0) is 0 Å². The Morgan fingerprint density at radius 2 is 1.87 bits per heavy atom. The van der Waals surface area contributed by atoms with E-state index < -0.39 is 0 Å². The molecule has 0 spiro atoms. The molecule has 0 atom stereocenters. The third kappa shape index (κ3) is 3.04. The molecule has 0 aromatic heterocycles. The maximum atomic E-state index is 8.84. The molecule has 23 heavy (non-hydrogen) atoms. The van der Waals surface area contributed by atoms with E-state index in [1.807, 2.05) is 42.5 Å². The van der Waals surface area contributed by atoms with Crippen molar-refractivity contribution in [1.82, 2.24) is 0 Å². The number of rotatable bonds is 3. The highest BCUT2D eigenvalue weighted by atomic mass is 16.5. The van der Waals surface area contributed by atoms with Crippen LogP contribution in [0.5, 0.6) is 11.5 Å². The smallest absolute Gasteiger partial charge is 0.201 e. The van der Waals surface area contributed by atoms with Gasteiger partial charge in [0.2, 0.25) is 5.71 Å². The standard InChI is InChI=1S/C17H13N5O/c18-10-14(17(19)20)22-21-13-8-7-12-6-5-11-3-1-2-4-15(11)23-16(12)9-13/h1-9,21H,(H3,19,20)/b22-14+. The summed E-state index contributed by atoms with van der Waals surface area (Å²) in [4.78, 5) is 0. The number of ether oxygens (including phenoxy) is 1. The van der Waals surface area contributed by atoms with E-state index in [4.69, 9.17) is 21.1 Å². The van der Waals surface area contributed by atoms with Gasteiger partial charge < -0.3 is 10.5 Å². The van der Waals surface area contributed by atoms with Crippen molar-refractivity contribution in [1.29, 1.82) is 10.7 Å². The molecule has 0 radical (unpaired) electrons. The zero-order valence-corrected chi connectivity index (χ0v) is 12.1. The number of hydrogen-bond acceptors (Lipinski definition) is 5. The van der Waals surface area contributed by atoms with Gasteiger partial charge in [0, 0.05) is 17.2 Å². The molecule has 0 aliphatic carbocycles. The van der Waals surface area contributed by atoms with Crippen molar-refractivity contribution in [3.8, 4) is 17.6 Å². The van der Waals surface area contributed by atoms with Crippen LogP contribution in [0.15, 0.2) is 47.6 Å². The van der Waals surface area contributed by atoms with Gasteiger partial charge in [-0.05, 0) is 18.2 Å². The Morgan fingerprint density at radius 1 is 1.13 bits per heavy atom. The van der Waals surface area contributed by atoms with Gasteiger partial charge in [-0.25, -0.2) is 0 Å². The summed E-state index contributed by atoms with van der Waals surface area (Å²) >= 11 is 0. The van der Waals surface area contributed by atoms with Crippen LogP contribution < -0.4 is 15.9 Å². The molecule has 6 nitrogen and oxygen atoms in total. The van der Waals surface area contributed by atoms with Gasteiger partial charge in [-0.2, -0.15) is 10.4 Å². The molecule has 3 rings (SSSR count). The van der Waals surface area contributed by atoms with Gasteiger partial charge in [0.25, 0.3) is 0 Å². The van der Waals surface area contributed by atoms with E-state index in [9.17, 15) is 0 Å². The van der Waals surface area contributed by atoms with Gasteiger partial charge in [-0.15, -0.1) is 0 Å². The van der Waals surface area contributed by atoms with Gasteiger partial charge in [0.15, 0.2) is 5.84 Å². The summed E-state index contributed by atoms with van der Waals surface area (Å²) in [6.45, 7) is 0. The minimum Gasteiger partial charge on any atom is -0.456 e. The number of para-hydroxylation sites is 1. The van der Waals surface area contributed by atoms with Crippen molar-refractivity contribution in [3.63, 3.8) is 0 Å². The predicted octanol–water partition coefficient (Wildman–Crippen LogP) is 3.19. The zero-order chi connectivity index (χ0) is 16.2. The maximum Gasteiger partial charge on any atom is 0.201 e. The van der Waals surface area contributed by atoms with E-state index in [0.29, 0.717) is 11.4 Å². The highest BCUT2D eigenvalue weighted by molar-refractivity contribution is 6.45. The fourth-order valence-electron chi connectivity index (χ4n) is 2.11. The number of hydrazone groups is 1. The van der Waals surface area contributed by atoms with Crippen molar-refractivity contribution >= 4 is 29.4 Å². The first-order valence-corrected chi connectivity index (χ1v) is 6.84. The third-order valence-corrected chi connectivity index (χ3v) is 3.25. The van der Waals surface area contributed by atoms with Crippen LogP contribution in [0.25, 0.3) is 12.2 Å². The van der Waals surface area contributed by atoms with Gasteiger partial charge in [-0.3, -0.25) is 10.8 Å². The molecule has 1 aliphatic heterocycles. The van der Waals surface area contributed by atoms with Crippen LogP contribution in [0.1, 0.15) is 11.1 Å². The van der Waals surface area contributed by atoms with Crippen molar-refractivity contribution < 1.29 is 4.74 Å². The normalized spacial score (nSPS) is 12.2. The van der Waals surface area contributed by atoms with E-state index in [-0.39, 0.29) is 11.5 Å². The highest BCUT2D eigenvalue weighted by Gasteiger charge is 2.11. The van der Waals surface area contributed by atoms with Gasteiger partial charge in [0.1, 0.15) is 17.6 Å². The SMILES string of the molecule is N#C/C(=N\Nc1ccc2c(c1)Oc1ccccc1C=C2)C(=N)N. The molecule has 2 aromatic carbocycles. The average molecular weight is 303 g/mol. The first-order valence-electron chi connectivity index (χ1n) is 6.84. The molecular weight excluding hydrogens is 290 g/mol. The van der Waals surface area contributed by atoms with Gasteiger partial charge in [0.05, 0.1) is 5.69 Å². The lowest BCUT2D eigenvalue weighted by Gasteiger charge is -2.10. The molecule has 6 heteroatoms. The van der Waals surface area contributed by atoms with Gasteiger partial charge >= 0.3 is 0 Å². The zero-order valence-electron chi connectivity index (χ0n) is 12.1. The molecule has 1 heterocycles. The summed E-state index contributed by atoms with van der Waals surface area (Å²) in [5.74, 6) is 1.06. The molecule has 4 N–H and O–H groups in total. The van der Waals surface area contributed by atoms with E-state index in [1.165, 1.54) is 0 Å². The summed E-state index contributed by atoms with van der Waals surface area (Å²) in [6.07, 6.45) is 3.97. The van der Waals surface area contributed by atoms with Crippen molar-refractivity contribution in [2.45, 2.75) is 0 Å². The Balaban J connectivity index is 1.90. The number of nitrogens with two attached hydrogens (primary N) is 1. The summed E-state index contributed by atoms with van der Waals surface area (Å²) in [7, 11) is 0. The topological polar surface area (TPSA) is 107 Å². The number of anilines is 1. The highest BCUT2D eigenvalue weighted by Crippen LogP contribution is 2.35. The lowest BCUT2D eigenvalue weighted by molar-refractivity contribution is 0.481. The van der Waals surface area contributed by atoms with Gasteiger partial charge in [-0.1, -0.05) is 30.4 Å². The largest absolute Gasteiger partial charge is 0.456 e. The third-order valence-electron chi connectivity index (χ3n) is 3.25.